The standard InChI is InChI=1S/C12H15ClO4/c1-7(13)10(14)8-5-6-9(15-2)12(17-4)11(8)16-3/h5-7H,1-4H3. The number of hydrogen-bond donors (Lipinski definition) is 0. The molecule has 0 N–H and O–H groups in total. The molecule has 4 nitrogen and oxygen atoms in total. The van der Waals surface area contributed by atoms with Crippen LogP contribution >= 0.6 is 11.6 Å². The predicted octanol–water partition coefficient (Wildman–Crippen LogP) is 2.52. The van der Waals surface area contributed by atoms with Gasteiger partial charge in [-0.2, -0.15) is 0 Å². The van der Waals surface area contributed by atoms with Crippen molar-refractivity contribution in [2.75, 3.05) is 21.3 Å². The second-order valence-electron chi connectivity index (χ2n) is 3.36. The van der Waals surface area contributed by atoms with Crippen LogP contribution in [-0.2, 0) is 0 Å². The predicted molar refractivity (Wildman–Crippen MR) is 65.7 cm³/mol. The zero-order valence-corrected chi connectivity index (χ0v) is 11.0. The zero-order chi connectivity index (χ0) is 13.0. The van der Waals surface area contributed by atoms with E-state index in [1.54, 1.807) is 19.1 Å². The lowest BCUT2D eigenvalue weighted by molar-refractivity contribution is 0.0988. The van der Waals surface area contributed by atoms with Gasteiger partial charge in [0.25, 0.3) is 0 Å². The molecule has 0 fully saturated rings. The van der Waals surface area contributed by atoms with E-state index in [0.29, 0.717) is 22.8 Å². The number of methoxy groups -OCH3 is 3. The van der Waals surface area contributed by atoms with Crippen molar-refractivity contribution in [3.63, 3.8) is 0 Å². The molecule has 17 heavy (non-hydrogen) atoms. The molecular weight excluding hydrogens is 244 g/mol. The van der Waals surface area contributed by atoms with Crippen molar-refractivity contribution in [2.24, 2.45) is 0 Å². The summed E-state index contributed by atoms with van der Waals surface area (Å²) >= 11 is 5.78. The lowest BCUT2D eigenvalue weighted by Gasteiger charge is -2.15. The van der Waals surface area contributed by atoms with Crippen LogP contribution in [0.3, 0.4) is 0 Å². The van der Waals surface area contributed by atoms with E-state index in [0.717, 1.165) is 0 Å². The molecule has 0 aliphatic heterocycles. The first-order chi connectivity index (χ1) is 8.06. The topological polar surface area (TPSA) is 44.8 Å². The molecule has 94 valence electrons. The lowest BCUT2D eigenvalue weighted by Crippen LogP contribution is -2.12. The minimum Gasteiger partial charge on any atom is -0.493 e. The third-order valence-electron chi connectivity index (χ3n) is 2.33. The van der Waals surface area contributed by atoms with Crippen LogP contribution in [0.4, 0.5) is 0 Å². The molecule has 1 aromatic carbocycles. The van der Waals surface area contributed by atoms with Crippen LogP contribution in [0.25, 0.3) is 0 Å². The molecule has 0 spiro atoms. The largest absolute Gasteiger partial charge is 0.493 e. The van der Waals surface area contributed by atoms with E-state index in [1.165, 1.54) is 21.3 Å². The quantitative estimate of drug-likeness (QED) is 0.601. The highest BCUT2D eigenvalue weighted by molar-refractivity contribution is 6.34. The highest BCUT2D eigenvalue weighted by atomic mass is 35.5. The fourth-order valence-electron chi connectivity index (χ4n) is 1.51. The van der Waals surface area contributed by atoms with E-state index in [1.807, 2.05) is 0 Å². The Labute approximate surface area is 105 Å². The molecule has 0 amide bonds. The van der Waals surface area contributed by atoms with Crippen LogP contribution in [0.2, 0.25) is 0 Å². The van der Waals surface area contributed by atoms with Gasteiger partial charge < -0.3 is 14.2 Å². The molecule has 0 radical (unpaired) electrons. The van der Waals surface area contributed by atoms with Gasteiger partial charge in [-0.3, -0.25) is 4.79 Å². The highest BCUT2D eigenvalue weighted by Gasteiger charge is 2.22. The minimum absolute atomic E-state index is 0.218. The molecule has 0 saturated heterocycles. The molecule has 0 saturated carbocycles. The number of halogens is 1. The summed E-state index contributed by atoms with van der Waals surface area (Å²) in [4.78, 5) is 11.9. The zero-order valence-electron chi connectivity index (χ0n) is 10.2. The summed E-state index contributed by atoms with van der Waals surface area (Å²) in [6.45, 7) is 1.61. The van der Waals surface area contributed by atoms with Crippen molar-refractivity contribution in [1.29, 1.82) is 0 Å². The van der Waals surface area contributed by atoms with Gasteiger partial charge in [0.1, 0.15) is 0 Å². The number of carbonyl (C=O) groups is 1. The number of ether oxygens (including phenoxy) is 3. The van der Waals surface area contributed by atoms with Crippen LogP contribution in [0.15, 0.2) is 12.1 Å². The van der Waals surface area contributed by atoms with Gasteiger partial charge in [0.2, 0.25) is 5.75 Å². The Morgan fingerprint density at radius 2 is 1.71 bits per heavy atom. The Kier molecular flexibility index (Phi) is 4.63. The maximum atomic E-state index is 11.9. The summed E-state index contributed by atoms with van der Waals surface area (Å²) in [5.41, 5.74) is 0.382. The molecule has 0 bridgehead atoms. The first-order valence-corrected chi connectivity index (χ1v) is 5.47. The third kappa shape index (κ3) is 2.64. The Morgan fingerprint density at radius 3 is 2.12 bits per heavy atom. The normalized spacial score (nSPS) is 11.8. The molecule has 1 rings (SSSR count). The van der Waals surface area contributed by atoms with Gasteiger partial charge >= 0.3 is 0 Å². The minimum atomic E-state index is -0.623. The molecular formula is C12H15ClO4. The van der Waals surface area contributed by atoms with E-state index in [9.17, 15) is 4.79 Å². The van der Waals surface area contributed by atoms with E-state index < -0.39 is 5.38 Å². The van der Waals surface area contributed by atoms with Gasteiger partial charge in [-0.1, -0.05) is 0 Å². The van der Waals surface area contributed by atoms with E-state index in [2.05, 4.69) is 0 Å². The van der Waals surface area contributed by atoms with E-state index in [4.69, 9.17) is 25.8 Å². The molecule has 5 heteroatoms. The van der Waals surface area contributed by atoms with Crippen LogP contribution in [0.5, 0.6) is 17.2 Å². The smallest absolute Gasteiger partial charge is 0.204 e. The molecule has 1 unspecified atom stereocenters. The SMILES string of the molecule is COc1ccc(C(=O)C(C)Cl)c(OC)c1OC. The number of ketones is 1. The molecule has 1 atom stereocenters. The highest BCUT2D eigenvalue weighted by Crippen LogP contribution is 2.40. The Balaban J connectivity index is 3.38. The van der Waals surface area contributed by atoms with Gasteiger partial charge in [-0.15, -0.1) is 11.6 Å². The van der Waals surface area contributed by atoms with Crippen molar-refractivity contribution in [3.8, 4) is 17.2 Å². The summed E-state index contributed by atoms with van der Waals surface area (Å²) in [7, 11) is 4.47. The number of Topliss-reactive ketones (excluding diaryl/α,β-unsaturated/α-hetero) is 1. The van der Waals surface area contributed by atoms with Gasteiger partial charge in [0.05, 0.1) is 32.3 Å². The van der Waals surface area contributed by atoms with Crippen molar-refractivity contribution in [1.82, 2.24) is 0 Å². The Bertz CT molecular complexity index is 415. The van der Waals surface area contributed by atoms with E-state index >= 15 is 0 Å². The van der Waals surface area contributed by atoms with Gasteiger partial charge in [-0.25, -0.2) is 0 Å². The third-order valence-corrected chi connectivity index (χ3v) is 2.53. The van der Waals surface area contributed by atoms with Gasteiger partial charge in [-0.05, 0) is 19.1 Å². The number of alkyl halides is 1. The van der Waals surface area contributed by atoms with Crippen molar-refractivity contribution in [2.45, 2.75) is 12.3 Å². The first-order valence-electron chi connectivity index (χ1n) is 5.04. The van der Waals surface area contributed by atoms with Crippen molar-refractivity contribution < 1.29 is 19.0 Å². The van der Waals surface area contributed by atoms with E-state index in [-0.39, 0.29) is 5.78 Å². The molecule has 0 heterocycles. The van der Waals surface area contributed by atoms with Crippen LogP contribution < -0.4 is 14.2 Å². The Hall–Kier alpha value is -1.42. The van der Waals surface area contributed by atoms with Gasteiger partial charge in [0, 0.05) is 0 Å². The van der Waals surface area contributed by atoms with Crippen LogP contribution in [-0.4, -0.2) is 32.5 Å². The van der Waals surface area contributed by atoms with Crippen molar-refractivity contribution >= 4 is 17.4 Å². The molecule has 0 aliphatic carbocycles. The summed E-state index contributed by atoms with van der Waals surface area (Å²) in [5.74, 6) is 1.01. The maximum Gasteiger partial charge on any atom is 0.204 e. The fraction of sp³-hybridized carbons (Fsp3) is 0.417. The fourth-order valence-corrected chi connectivity index (χ4v) is 1.63. The molecule has 1 aromatic rings. The summed E-state index contributed by atoms with van der Waals surface area (Å²) < 4.78 is 15.5. The Morgan fingerprint density at radius 1 is 1.12 bits per heavy atom. The van der Waals surface area contributed by atoms with Gasteiger partial charge in [0.15, 0.2) is 17.3 Å². The monoisotopic (exact) mass is 258 g/mol. The second-order valence-corrected chi connectivity index (χ2v) is 4.02. The van der Waals surface area contributed by atoms with Crippen LogP contribution in [0.1, 0.15) is 17.3 Å². The van der Waals surface area contributed by atoms with Crippen molar-refractivity contribution in [3.05, 3.63) is 17.7 Å². The lowest BCUT2D eigenvalue weighted by atomic mass is 10.1. The average Bonchev–Trinajstić information content (AvgIpc) is 2.35. The maximum absolute atomic E-state index is 11.9. The first kappa shape index (κ1) is 13.6. The van der Waals surface area contributed by atoms with Crippen LogP contribution in [0, 0.1) is 0 Å². The molecule has 0 aliphatic rings. The number of rotatable bonds is 5. The summed E-state index contributed by atoms with van der Waals surface area (Å²) in [5, 5.41) is -0.623. The second kappa shape index (κ2) is 5.77. The average molecular weight is 259 g/mol. The number of carbonyl (C=O) groups excluding carboxylic acids is 1. The number of benzene rings is 1. The summed E-state index contributed by atoms with van der Waals surface area (Å²) in [6, 6.07) is 3.26. The number of hydrogen-bond acceptors (Lipinski definition) is 4. The molecule has 0 aromatic heterocycles. The summed E-state index contributed by atoms with van der Waals surface area (Å²) in [6.07, 6.45) is 0.